The highest BCUT2D eigenvalue weighted by Crippen LogP contribution is 2.32. The van der Waals surface area contributed by atoms with Crippen LogP contribution in [0, 0.1) is 19.7 Å². The van der Waals surface area contributed by atoms with Crippen LogP contribution in [0.15, 0.2) is 18.2 Å². The second kappa shape index (κ2) is 9.09. The molecule has 0 atom stereocenters. The van der Waals surface area contributed by atoms with E-state index in [9.17, 15) is 14.0 Å². The number of likely N-dealkylation sites (tertiary alicyclic amines) is 1. The first kappa shape index (κ1) is 23.5. The summed E-state index contributed by atoms with van der Waals surface area (Å²) in [5.41, 5.74) is 4.09. The van der Waals surface area contributed by atoms with Crippen molar-refractivity contribution in [2.75, 3.05) is 19.6 Å². The Morgan fingerprint density at radius 3 is 2.69 bits per heavy atom. The number of carboxylic acids is 1. The third-order valence-corrected chi connectivity index (χ3v) is 7.15. The molecule has 0 saturated carbocycles. The predicted octanol–water partition coefficient (Wildman–Crippen LogP) is 3.22. The van der Waals surface area contributed by atoms with Gasteiger partial charge in [-0.25, -0.2) is 13.9 Å². The van der Waals surface area contributed by atoms with E-state index in [2.05, 4.69) is 10.1 Å². The molecule has 1 saturated heterocycles. The van der Waals surface area contributed by atoms with Crippen molar-refractivity contribution in [3.63, 3.8) is 0 Å². The number of carbonyl (C=O) groups is 2. The van der Waals surface area contributed by atoms with Gasteiger partial charge in [0.2, 0.25) is 0 Å². The Morgan fingerprint density at radius 1 is 1.23 bits per heavy atom. The van der Waals surface area contributed by atoms with Gasteiger partial charge in [0.15, 0.2) is 5.65 Å². The van der Waals surface area contributed by atoms with Crippen LogP contribution >= 0.6 is 11.6 Å². The maximum absolute atomic E-state index is 14.1. The van der Waals surface area contributed by atoms with Gasteiger partial charge < -0.3 is 14.7 Å². The summed E-state index contributed by atoms with van der Waals surface area (Å²) in [4.78, 5) is 32.5. The molecule has 2 aliphatic heterocycles. The van der Waals surface area contributed by atoms with Gasteiger partial charge in [-0.3, -0.25) is 14.5 Å². The quantitative estimate of drug-likeness (QED) is 0.573. The Balaban J connectivity index is 1.34. The molecule has 184 valence electrons. The number of aromatic nitrogens is 3. The van der Waals surface area contributed by atoms with E-state index in [1.165, 1.54) is 18.2 Å². The van der Waals surface area contributed by atoms with Gasteiger partial charge in [0.1, 0.15) is 17.7 Å². The summed E-state index contributed by atoms with van der Waals surface area (Å²) in [6.07, 6.45) is 0.960. The molecule has 1 aromatic carbocycles. The number of carbonyl (C=O) groups excluding carboxylic acids is 1. The van der Waals surface area contributed by atoms with Crippen molar-refractivity contribution in [2.24, 2.45) is 0 Å². The van der Waals surface area contributed by atoms with Gasteiger partial charge in [0.05, 0.1) is 47.3 Å². The predicted molar refractivity (Wildman–Crippen MR) is 125 cm³/mol. The highest BCUT2D eigenvalue weighted by Gasteiger charge is 2.32. The van der Waals surface area contributed by atoms with Crippen molar-refractivity contribution in [3.05, 3.63) is 57.2 Å². The van der Waals surface area contributed by atoms with Crippen molar-refractivity contribution in [1.29, 1.82) is 0 Å². The number of hydrogen-bond acceptors (Lipinski definition) is 6. The Bertz CT molecular complexity index is 1340. The molecular weight excluding hydrogens is 477 g/mol. The zero-order chi connectivity index (χ0) is 24.9. The number of halogens is 2. The molecule has 3 aromatic rings. The zero-order valence-electron chi connectivity index (χ0n) is 19.4. The molecular formula is C24H25ClFN5O4. The molecule has 11 heteroatoms. The smallest absolute Gasteiger partial charge is 0.317 e. The minimum Gasteiger partial charge on any atom is -0.489 e. The van der Waals surface area contributed by atoms with Crippen LogP contribution in [0.1, 0.15) is 45.8 Å². The monoisotopic (exact) mass is 501 g/mol. The van der Waals surface area contributed by atoms with E-state index in [0.29, 0.717) is 55.4 Å². The summed E-state index contributed by atoms with van der Waals surface area (Å²) in [6, 6.07) is 3.93. The summed E-state index contributed by atoms with van der Waals surface area (Å²) >= 11 is 6.32. The molecule has 0 unspecified atom stereocenters. The maximum Gasteiger partial charge on any atom is 0.317 e. The van der Waals surface area contributed by atoms with Crippen molar-refractivity contribution in [3.8, 4) is 5.75 Å². The maximum atomic E-state index is 14.1. The number of nitrogens with zero attached hydrogens (tertiary/aromatic N) is 5. The number of carboxylic acid groups (broad SMARTS) is 1. The molecule has 0 spiro atoms. The molecule has 1 fully saturated rings. The van der Waals surface area contributed by atoms with Crippen LogP contribution in [-0.4, -0.2) is 67.1 Å². The van der Waals surface area contributed by atoms with E-state index >= 15 is 0 Å². The number of hydrogen-bond donors (Lipinski definition) is 1. The van der Waals surface area contributed by atoms with E-state index < -0.39 is 11.8 Å². The van der Waals surface area contributed by atoms with Gasteiger partial charge >= 0.3 is 5.97 Å². The Hall–Kier alpha value is -3.24. The molecule has 9 nitrogen and oxygen atoms in total. The summed E-state index contributed by atoms with van der Waals surface area (Å²) in [5.74, 6) is -1.44. The molecule has 0 radical (unpaired) electrons. The van der Waals surface area contributed by atoms with Gasteiger partial charge in [-0.05, 0) is 38.8 Å². The summed E-state index contributed by atoms with van der Waals surface area (Å²) < 4.78 is 21.9. The highest BCUT2D eigenvalue weighted by atomic mass is 35.5. The van der Waals surface area contributed by atoms with Gasteiger partial charge in [0.25, 0.3) is 5.91 Å². The molecule has 2 aromatic heterocycles. The number of piperidine rings is 1. The summed E-state index contributed by atoms with van der Waals surface area (Å²) in [5, 5.41) is 14.2. The van der Waals surface area contributed by atoms with Crippen LogP contribution in [0.2, 0.25) is 5.02 Å². The lowest BCUT2D eigenvalue weighted by molar-refractivity contribution is -0.138. The second-order valence-corrected chi connectivity index (χ2v) is 9.42. The number of fused-ring (bicyclic) bond motifs is 3. The lowest BCUT2D eigenvalue weighted by atomic mass is 10.1. The minimum atomic E-state index is -0.870. The molecule has 0 bridgehead atoms. The highest BCUT2D eigenvalue weighted by molar-refractivity contribution is 6.31. The molecule has 4 heterocycles. The molecule has 2 aliphatic rings. The number of amides is 1. The van der Waals surface area contributed by atoms with Crippen LogP contribution in [0.4, 0.5) is 4.39 Å². The van der Waals surface area contributed by atoms with Gasteiger partial charge in [-0.2, -0.15) is 5.10 Å². The van der Waals surface area contributed by atoms with E-state index in [1.807, 2.05) is 18.7 Å². The zero-order valence-corrected chi connectivity index (χ0v) is 20.2. The van der Waals surface area contributed by atoms with Crippen molar-refractivity contribution in [1.82, 2.24) is 24.4 Å². The first-order valence-electron chi connectivity index (χ1n) is 11.4. The number of rotatable bonds is 5. The normalized spacial score (nSPS) is 16.6. The first-order valence-corrected chi connectivity index (χ1v) is 11.8. The van der Waals surface area contributed by atoms with Crippen LogP contribution in [0.25, 0.3) is 5.65 Å². The van der Waals surface area contributed by atoms with Gasteiger partial charge in [-0.1, -0.05) is 11.6 Å². The Labute approximate surface area is 206 Å². The summed E-state index contributed by atoms with van der Waals surface area (Å²) in [7, 11) is 0. The average molecular weight is 502 g/mol. The molecule has 35 heavy (non-hydrogen) atoms. The average Bonchev–Trinajstić information content (AvgIpc) is 3.37. The van der Waals surface area contributed by atoms with Gasteiger partial charge in [0, 0.05) is 24.7 Å². The largest absolute Gasteiger partial charge is 0.489 e. The molecule has 1 amide bonds. The molecule has 0 aliphatic carbocycles. The number of ether oxygens (including phenoxy) is 1. The number of aliphatic carboxylic acids is 1. The second-order valence-electron chi connectivity index (χ2n) is 9.05. The third kappa shape index (κ3) is 4.43. The van der Waals surface area contributed by atoms with Crippen LogP contribution in [-0.2, 0) is 17.9 Å². The van der Waals surface area contributed by atoms with Crippen LogP contribution in [0.5, 0.6) is 5.75 Å². The lowest BCUT2D eigenvalue weighted by Gasteiger charge is -2.31. The van der Waals surface area contributed by atoms with Crippen molar-refractivity contribution in [2.45, 2.75) is 45.9 Å². The third-order valence-electron chi connectivity index (χ3n) is 6.60. The number of benzene rings is 1. The van der Waals surface area contributed by atoms with Crippen LogP contribution in [0.3, 0.4) is 0 Å². The van der Waals surface area contributed by atoms with E-state index in [-0.39, 0.29) is 29.9 Å². The molecule has 1 N–H and O–H groups in total. The number of aryl methyl sites for hydroxylation is 2. The summed E-state index contributed by atoms with van der Waals surface area (Å²) in [6.45, 7) is 5.45. The van der Waals surface area contributed by atoms with E-state index in [4.69, 9.17) is 21.4 Å². The fourth-order valence-electron chi connectivity index (χ4n) is 4.75. The first-order chi connectivity index (χ1) is 16.7. The fraction of sp³-hybridized carbons (Fsp3) is 0.417. The van der Waals surface area contributed by atoms with Crippen molar-refractivity contribution < 1.29 is 23.8 Å². The Kier molecular flexibility index (Phi) is 6.10. The standard InChI is InChI=1S/C24H25ClFN5O4/c1-13-22(25)14(2)31-23(27-13)18-10-30(11-19(18)28-31)24(34)17-4-3-15(26)9-20(17)35-16-5-7-29(8-6-16)12-21(32)33/h3-4,9,16H,5-8,10-12H2,1-2H3,(H,32,33). The van der Waals surface area contributed by atoms with Crippen molar-refractivity contribution >= 4 is 29.1 Å². The minimum absolute atomic E-state index is 0.0182. The van der Waals surface area contributed by atoms with E-state index in [0.717, 1.165) is 17.0 Å². The topological polar surface area (TPSA) is 100 Å². The van der Waals surface area contributed by atoms with Crippen LogP contribution < -0.4 is 4.74 Å². The Morgan fingerprint density at radius 2 is 1.97 bits per heavy atom. The van der Waals surface area contributed by atoms with E-state index in [1.54, 1.807) is 9.42 Å². The fourth-order valence-corrected chi connectivity index (χ4v) is 4.88. The molecule has 5 rings (SSSR count). The van der Waals surface area contributed by atoms with Gasteiger partial charge in [-0.15, -0.1) is 0 Å². The lowest BCUT2D eigenvalue weighted by Crippen LogP contribution is -2.41. The SMILES string of the molecule is Cc1nc2c3c(nn2c(C)c1Cl)CN(C(=O)c1ccc(F)cc1OC1CCN(CC(=O)O)CC1)C3.